The third kappa shape index (κ3) is 5.97. The molecule has 0 bridgehead atoms. The molecule has 0 unspecified atom stereocenters. The molecule has 4 nitrogen and oxygen atoms in total. The number of nitrogens with zero attached hydrogens (tertiary/aromatic N) is 1. The first-order valence-electron chi connectivity index (χ1n) is 7.46. The molecule has 1 aromatic carbocycles. The molecule has 1 amide bonds. The Bertz CT molecular complexity index is 576. The van der Waals surface area contributed by atoms with Crippen molar-refractivity contribution in [2.24, 2.45) is 0 Å². The largest absolute Gasteiger partial charge is 0.465 e. The zero-order valence-corrected chi connectivity index (χ0v) is 12.9. The molecule has 0 aliphatic carbocycles. The summed E-state index contributed by atoms with van der Waals surface area (Å²) >= 11 is 0. The molecule has 0 aliphatic heterocycles. The monoisotopic (exact) mass is 298 g/mol. The van der Waals surface area contributed by atoms with Crippen molar-refractivity contribution in [3.05, 3.63) is 66.1 Å². The highest BCUT2D eigenvalue weighted by Gasteiger charge is 2.00. The first kappa shape index (κ1) is 16.0. The molecule has 1 N–H and O–H groups in total. The minimum atomic E-state index is -0.0953. The van der Waals surface area contributed by atoms with E-state index >= 15 is 0 Å². The lowest BCUT2D eigenvalue weighted by molar-refractivity contribution is -0.116. The first-order valence-corrected chi connectivity index (χ1v) is 7.46. The van der Waals surface area contributed by atoms with Crippen LogP contribution in [0.5, 0.6) is 0 Å². The van der Waals surface area contributed by atoms with Crippen LogP contribution in [-0.2, 0) is 11.3 Å². The highest BCUT2D eigenvalue weighted by atomic mass is 16.3. The Morgan fingerprint density at radius 3 is 2.77 bits per heavy atom. The van der Waals surface area contributed by atoms with E-state index in [1.165, 1.54) is 11.6 Å². The van der Waals surface area contributed by atoms with Gasteiger partial charge in [0, 0.05) is 19.2 Å². The van der Waals surface area contributed by atoms with E-state index in [1.807, 2.05) is 12.1 Å². The summed E-state index contributed by atoms with van der Waals surface area (Å²) in [4.78, 5) is 13.9. The number of amides is 1. The molecule has 2 aromatic rings. The van der Waals surface area contributed by atoms with Crippen molar-refractivity contribution in [3.63, 3.8) is 0 Å². The predicted octanol–water partition coefficient (Wildman–Crippen LogP) is 2.93. The summed E-state index contributed by atoms with van der Waals surface area (Å²) in [6.07, 6.45) is 5.66. The Hall–Kier alpha value is -2.33. The van der Waals surface area contributed by atoms with E-state index in [9.17, 15) is 4.79 Å². The molecule has 0 saturated carbocycles. The second-order valence-corrected chi connectivity index (χ2v) is 5.22. The summed E-state index contributed by atoms with van der Waals surface area (Å²) in [6, 6.07) is 14.0. The van der Waals surface area contributed by atoms with Crippen LogP contribution in [0.25, 0.3) is 6.08 Å². The van der Waals surface area contributed by atoms with E-state index in [-0.39, 0.29) is 5.91 Å². The highest BCUT2D eigenvalue weighted by Crippen LogP contribution is 2.03. The maximum Gasteiger partial charge on any atom is 0.244 e. The van der Waals surface area contributed by atoms with Gasteiger partial charge in [-0.3, -0.25) is 4.79 Å². The Labute approximate surface area is 131 Å². The number of hydrogen-bond donors (Lipinski definition) is 1. The van der Waals surface area contributed by atoms with E-state index in [4.69, 9.17) is 4.42 Å². The first-order chi connectivity index (χ1) is 10.7. The molecule has 2 rings (SSSR count). The van der Waals surface area contributed by atoms with Gasteiger partial charge in [0.25, 0.3) is 0 Å². The molecule has 22 heavy (non-hydrogen) atoms. The van der Waals surface area contributed by atoms with Gasteiger partial charge in [-0.25, -0.2) is 0 Å². The zero-order chi connectivity index (χ0) is 15.6. The van der Waals surface area contributed by atoms with Gasteiger partial charge < -0.3 is 14.6 Å². The van der Waals surface area contributed by atoms with Crippen molar-refractivity contribution in [3.8, 4) is 0 Å². The molecule has 0 aliphatic rings. The summed E-state index contributed by atoms with van der Waals surface area (Å²) in [5, 5.41) is 2.87. The standard InChI is InChI=1S/C18H22N2O2/c1-20(15-16-7-3-2-4-8-16)13-6-12-19-18(21)11-10-17-9-5-14-22-17/h2-5,7-11,14H,6,12-13,15H2,1H3,(H,19,21)/b11-10+. The second-order valence-electron chi connectivity index (χ2n) is 5.22. The molecule has 0 radical (unpaired) electrons. The number of carbonyl (C=O) groups excluding carboxylic acids is 1. The predicted molar refractivity (Wildman–Crippen MR) is 88.1 cm³/mol. The lowest BCUT2D eigenvalue weighted by Gasteiger charge is -2.16. The Balaban J connectivity index is 1.59. The number of nitrogens with one attached hydrogen (secondary N) is 1. The summed E-state index contributed by atoms with van der Waals surface area (Å²) in [6.45, 7) is 2.53. The van der Waals surface area contributed by atoms with Crippen LogP contribution < -0.4 is 5.32 Å². The number of rotatable bonds is 8. The summed E-state index contributed by atoms with van der Waals surface area (Å²) < 4.78 is 5.12. The van der Waals surface area contributed by atoms with Crippen LogP contribution in [0, 0.1) is 0 Å². The van der Waals surface area contributed by atoms with Gasteiger partial charge in [-0.1, -0.05) is 30.3 Å². The van der Waals surface area contributed by atoms with Crippen LogP contribution >= 0.6 is 0 Å². The van der Waals surface area contributed by atoms with Crippen LogP contribution in [0.4, 0.5) is 0 Å². The number of carbonyl (C=O) groups is 1. The van der Waals surface area contributed by atoms with E-state index in [2.05, 4.69) is 41.5 Å². The maximum absolute atomic E-state index is 11.6. The summed E-state index contributed by atoms with van der Waals surface area (Å²) in [7, 11) is 2.09. The SMILES string of the molecule is CN(CCCNC(=O)/C=C/c1ccco1)Cc1ccccc1. The van der Waals surface area contributed by atoms with Gasteiger partial charge in [0.05, 0.1) is 6.26 Å². The fraction of sp³-hybridized carbons (Fsp3) is 0.278. The van der Waals surface area contributed by atoms with Crippen LogP contribution in [0.2, 0.25) is 0 Å². The fourth-order valence-electron chi connectivity index (χ4n) is 2.14. The van der Waals surface area contributed by atoms with Crippen LogP contribution in [0.15, 0.2) is 59.2 Å². The van der Waals surface area contributed by atoms with E-state index in [0.29, 0.717) is 12.3 Å². The third-order valence-electron chi connectivity index (χ3n) is 3.25. The molecule has 0 fully saturated rings. The second kappa shape index (κ2) is 8.85. The molecule has 4 heteroatoms. The Morgan fingerprint density at radius 1 is 1.23 bits per heavy atom. The molecular weight excluding hydrogens is 276 g/mol. The minimum Gasteiger partial charge on any atom is -0.465 e. The maximum atomic E-state index is 11.6. The van der Waals surface area contributed by atoms with Crippen LogP contribution in [0.3, 0.4) is 0 Å². The quantitative estimate of drug-likeness (QED) is 0.602. The van der Waals surface area contributed by atoms with Gasteiger partial charge in [0.15, 0.2) is 0 Å². The number of furan rings is 1. The normalized spacial score (nSPS) is 11.2. The van der Waals surface area contributed by atoms with Crippen molar-refractivity contribution in [2.45, 2.75) is 13.0 Å². The Kier molecular flexibility index (Phi) is 6.45. The average molecular weight is 298 g/mol. The van der Waals surface area contributed by atoms with Gasteiger partial charge in [-0.05, 0) is 43.8 Å². The number of benzene rings is 1. The molecule has 1 aromatic heterocycles. The molecule has 0 spiro atoms. The minimum absolute atomic E-state index is 0.0953. The van der Waals surface area contributed by atoms with E-state index in [1.54, 1.807) is 18.4 Å². The third-order valence-corrected chi connectivity index (χ3v) is 3.25. The Morgan fingerprint density at radius 2 is 2.05 bits per heavy atom. The molecule has 1 heterocycles. The fourth-order valence-corrected chi connectivity index (χ4v) is 2.14. The van der Waals surface area contributed by atoms with Crippen molar-refractivity contribution < 1.29 is 9.21 Å². The van der Waals surface area contributed by atoms with E-state index in [0.717, 1.165) is 19.5 Å². The topological polar surface area (TPSA) is 45.5 Å². The smallest absolute Gasteiger partial charge is 0.244 e. The van der Waals surface area contributed by atoms with Crippen molar-refractivity contribution in [1.29, 1.82) is 0 Å². The van der Waals surface area contributed by atoms with Crippen molar-refractivity contribution in [1.82, 2.24) is 10.2 Å². The van der Waals surface area contributed by atoms with Gasteiger partial charge in [0.2, 0.25) is 5.91 Å². The van der Waals surface area contributed by atoms with Crippen molar-refractivity contribution in [2.75, 3.05) is 20.1 Å². The number of hydrogen-bond acceptors (Lipinski definition) is 3. The summed E-state index contributed by atoms with van der Waals surface area (Å²) in [5.74, 6) is 0.583. The molecule has 0 saturated heterocycles. The van der Waals surface area contributed by atoms with Gasteiger partial charge in [-0.2, -0.15) is 0 Å². The zero-order valence-electron chi connectivity index (χ0n) is 12.9. The van der Waals surface area contributed by atoms with Crippen LogP contribution in [0.1, 0.15) is 17.7 Å². The van der Waals surface area contributed by atoms with Gasteiger partial charge >= 0.3 is 0 Å². The molecule has 0 atom stereocenters. The highest BCUT2D eigenvalue weighted by molar-refractivity contribution is 5.91. The molecule has 116 valence electrons. The lowest BCUT2D eigenvalue weighted by atomic mass is 10.2. The van der Waals surface area contributed by atoms with Crippen molar-refractivity contribution >= 4 is 12.0 Å². The summed E-state index contributed by atoms with van der Waals surface area (Å²) in [5.41, 5.74) is 1.30. The molecular formula is C18H22N2O2. The lowest BCUT2D eigenvalue weighted by Crippen LogP contribution is -2.26. The van der Waals surface area contributed by atoms with Gasteiger partial charge in [-0.15, -0.1) is 0 Å². The van der Waals surface area contributed by atoms with Gasteiger partial charge in [0.1, 0.15) is 5.76 Å². The van der Waals surface area contributed by atoms with E-state index < -0.39 is 0 Å². The average Bonchev–Trinajstić information content (AvgIpc) is 3.04. The van der Waals surface area contributed by atoms with Crippen LogP contribution in [-0.4, -0.2) is 30.9 Å².